The van der Waals surface area contributed by atoms with Gasteiger partial charge in [-0.3, -0.25) is 0 Å². The summed E-state index contributed by atoms with van der Waals surface area (Å²) >= 11 is 1.61. The Bertz CT molecular complexity index is 795. The molecule has 1 aromatic heterocycles. The lowest BCUT2D eigenvalue weighted by Gasteiger charge is -2.06. The summed E-state index contributed by atoms with van der Waals surface area (Å²) < 4.78 is 5.30. The van der Waals surface area contributed by atoms with Crippen molar-refractivity contribution in [2.75, 3.05) is 12.4 Å². The normalized spacial score (nSPS) is 10.5. The van der Waals surface area contributed by atoms with Crippen molar-refractivity contribution >= 4 is 22.2 Å². The van der Waals surface area contributed by atoms with Crippen LogP contribution in [0.25, 0.3) is 11.3 Å². The van der Waals surface area contributed by atoms with Gasteiger partial charge in [0.15, 0.2) is 5.13 Å². The van der Waals surface area contributed by atoms with Gasteiger partial charge in [0.2, 0.25) is 0 Å². The number of nitrogens with one attached hydrogen (secondary N) is 1. The monoisotopic (exact) mass is 310 g/mol. The van der Waals surface area contributed by atoms with Crippen LogP contribution in [0.4, 0.5) is 10.8 Å². The molecule has 1 heterocycles. The number of thiazole rings is 1. The van der Waals surface area contributed by atoms with Crippen molar-refractivity contribution in [3.05, 3.63) is 59.0 Å². The van der Waals surface area contributed by atoms with Gasteiger partial charge in [0.25, 0.3) is 0 Å². The van der Waals surface area contributed by atoms with Gasteiger partial charge >= 0.3 is 0 Å². The molecule has 3 nitrogen and oxygen atoms in total. The van der Waals surface area contributed by atoms with Crippen molar-refractivity contribution in [2.24, 2.45) is 0 Å². The summed E-state index contributed by atoms with van der Waals surface area (Å²) in [7, 11) is 1.69. The number of methoxy groups -OCH3 is 1. The van der Waals surface area contributed by atoms with E-state index in [0.29, 0.717) is 0 Å². The van der Waals surface area contributed by atoms with E-state index in [2.05, 4.69) is 40.8 Å². The Morgan fingerprint density at radius 1 is 1.09 bits per heavy atom. The molecule has 0 fully saturated rings. The van der Waals surface area contributed by atoms with Gasteiger partial charge in [-0.1, -0.05) is 12.1 Å². The molecule has 0 saturated heterocycles. The van der Waals surface area contributed by atoms with E-state index in [-0.39, 0.29) is 0 Å². The van der Waals surface area contributed by atoms with Crippen LogP contribution in [-0.4, -0.2) is 12.1 Å². The Balaban J connectivity index is 1.83. The lowest BCUT2D eigenvalue weighted by molar-refractivity contribution is 0.412. The molecule has 1 N–H and O–H groups in total. The smallest absolute Gasteiger partial charge is 0.187 e. The maximum atomic E-state index is 5.30. The largest absolute Gasteiger partial charge is 0.496 e. The van der Waals surface area contributed by atoms with Crippen molar-refractivity contribution in [3.63, 3.8) is 0 Å². The van der Waals surface area contributed by atoms with Crippen LogP contribution in [0.5, 0.6) is 5.75 Å². The van der Waals surface area contributed by atoms with E-state index in [4.69, 9.17) is 4.74 Å². The Hall–Kier alpha value is -2.33. The van der Waals surface area contributed by atoms with Crippen LogP contribution in [0.1, 0.15) is 11.1 Å². The van der Waals surface area contributed by atoms with E-state index < -0.39 is 0 Å². The van der Waals surface area contributed by atoms with Crippen LogP contribution in [0.3, 0.4) is 0 Å². The Morgan fingerprint density at radius 3 is 2.68 bits per heavy atom. The van der Waals surface area contributed by atoms with E-state index in [0.717, 1.165) is 33.4 Å². The highest BCUT2D eigenvalue weighted by Crippen LogP contribution is 2.30. The van der Waals surface area contributed by atoms with Gasteiger partial charge in [0, 0.05) is 16.6 Å². The molecule has 3 aromatic rings. The minimum Gasteiger partial charge on any atom is -0.496 e. The molecular formula is C18H18N2OS. The average molecular weight is 310 g/mol. The molecule has 0 aliphatic carbocycles. The number of hydrogen-bond donors (Lipinski definition) is 1. The summed E-state index contributed by atoms with van der Waals surface area (Å²) in [6.45, 7) is 4.12. The van der Waals surface area contributed by atoms with Gasteiger partial charge in [0.1, 0.15) is 5.75 Å². The highest BCUT2D eigenvalue weighted by molar-refractivity contribution is 7.14. The number of hydrogen-bond acceptors (Lipinski definition) is 4. The van der Waals surface area contributed by atoms with Crippen molar-refractivity contribution in [2.45, 2.75) is 13.8 Å². The first kappa shape index (κ1) is 14.6. The molecule has 0 amide bonds. The zero-order chi connectivity index (χ0) is 15.5. The van der Waals surface area contributed by atoms with Crippen LogP contribution >= 0.6 is 11.3 Å². The standard InChI is InChI=1S/C18H18N2OS/c1-12-5-4-6-15(9-12)19-18-20-16(11-22-18)14-7-8-17(21-3)13(2)10-14/h4-11H,1-3H3,(H,19,20). The molecule has 0 atom stereocenters. The maximum Gasteiger partial charge on any atom is 0.187 e. The van der Waals surface area contributed by atoms with Crippen molar-refractivity contribution in [3.8, 4) is 17.0 Å². The summed E-state index contributed by atoms with van der Waals surface area (Å²) in [5.74, 6) is 0.900. The number of anilines is 2. The van der Waals surface area contributed by atoms with Crippen molar-refractivity contribution in [1.82, 2.24) is 4.98 Å². The first-order chi connectivity index (χ1) is 10.7. The van der Waals surface area contributed by atoms with Crippen LogP contribution in [-0.2, 0) is 0 Å². The minimum atomic E-state index is 0.897. The van der Waals surface area contributed by atoms with Crippen LogP contribution < -0.4 is 10.1 Å². The molecule has 3 rings (SSSR count). The third-order valence-electron chi connectivity index (χ3n) is 3.46. The molecule has 0 aliphatic rings. The quantitative estimate of drug-likeness (QED) is 0.721. The number of ether oxygens (including phenoxy) is 1. The number of aromatic nitrogens is 1. The van der Waals surface area contributed by atoms with E-state index >= 15 is 0 Å². The average Bonchev–Trinajstić information content (AvgIpc) is 2.95. The van der Waals surface area contributed by atoms with Gasteiger partial charge in [-0.05, 0) is 55.3 Å². The molecule has 0 saturated carbocycles. The maximum absolute atomic E-state index is 5.30. The Labute approximate surface area is 134 Å². The van der Waals surface area contributed by atoms with Crippen LogP contribution in [0, 0.1) is 13.8 Å². The van der Waals surface area contributed by atoms with E-state index in [1.165, 1.54) is 5.56 Å². The van der Waals surface area contributed by atoms with Crippen molar-refractivity contribution < 1.29 is 4.74 Å². The predicted molar refractivity (Wildman–Crippen MR) is 93.3 cm³/mol. The second kappa shape index (κ2) is 6.20. The molecule has 112 valence electrons. The van der Waals surface area contributed by atoms with Crippen LogP contribution in [0.15, 0.2) is 47.8 Å². The molecule has 0 radical (unpaired) electrons. The van der Waals surface area contributed by atoms with Crippen molar-refractivity contribution in [1.29, 1.82) is 0 Å². The lowest BCUT2D eigenvalue weighted by atomic mass is 10.1. The molecule has 0 spiro atoms. The number of nitrogens with zero attached hydrogens (tertiary/aromatic N) is 1. The second-order valence-corrected chi connectivity index (χ2v) is 6.07. The number of aryl methyl sites for hydroxylation is 2. The predicted octanol–water partition coefficient (Wildman–Crippen LogP) is 5.18. The number of rotatable bonds is 4. The Morgan fingerprint density at radius 2 is 1.95 bits per heavy atom. The van der Waals surface area contributed by atoms with Gasteiger partial charge in [-0.15, -0.1) is 11.3 Å². The summed E-state index contributed by atoms with van der Waals surface area (Å²) in [5, 5.41) is 6.32. The first-order valence-corrected chi connectivity index (χ1v) is 7.98. The third kappa shape index (κ3) is 3.12. The summed E-state index contributed by atoms with van der Waals surface area (Å²) in [6.07, 6.45) is 0. The zero-order valence-electron chi connectivity index (χ0n) is 12.9. The van der Waals surface area contributed by atoms with E-state index in [1.54, 1.807) is 18.4 Å². The fourth-order valence-corrected chi connectivity index (χ4v) is 3.09. The van der Waals surface area contributed by atoms with E-state index in [9.17, 15) is 0 Å². The van der Waals surface area contributed by atoms with Gasteiger partial charge < -0.3 is 10.1 Å². The fourth-order valence-electron chi connectivity index (χ4n) is 2.35. The summed E-state index contributed by atoms with van der Waals surface area (Å²) in [6, 6.07) is 14.4. The highest BCUT2D eigenvalue weighted by atomic mass is 32.1. The molecule has 2 aromatic carbocycles. The summed E-state index contributed by atoms with van der Waals surface area (Å²) in [4.78, 5) is 4.67. The minimum absolute atomic E-state index is 0.897. The Kier molecular flexibility index (Phi) is 4.11. The van der Waals surface area contributed by atoms with Gasteiger partial charge in [0.05, 0.1) is 12.8 Å². The topological polar surface area (TPSA) is 34.1 Å². The molecule has 0 bridgehead atoms. The molecule has 4 heteroatoms. The molecule has 22 heavy (non-hydrogen) atoms. The molecular weight excluding hydrogens is 292 g/mol. The molecule has 0 unspecified atom stereocenters. The lowest BCUT2D eigenvalue weighted by Crippen LogP contribution is -1.90. The second-order valence-electron chi connectivity index (χ2n) is 5.22. The van der Waals surface area contributed by atoms with Gasteiger partial charge in [-0.25, -0.2) is 4.98 Å². The van der Waals surface area contributed by atoms with E-state index in [1.807, 2.05) is 31.2 Å². The number of benzene rings is 2. The zero-order valence-corrected chi connectivity index (χ0v) is 13.7. The first-order valence-electron chi connectivity index (χ1n) is 7.10. The third-order valence-corrected chi connectivity index (χ3v) is 4.22. The SMILES string of the molecule is COc1ccc(-c2csc(Nc3cccc(C)c3)n2)cc1C. The van der Waals surface area contributed by atoms with Crippen LogP contribution in [0.2, 0.25) is 0 Å². The fraction of sp³-hybridized carbons (Fsp3) is 0.167. The molecule has 0 aliphatic heterocycles. The highest BCUT2D eigenvalue weighted by Gasteiger charge is 2.07. The summed E-state index contributed by atoms with van der Waals surface area (Å²) in [5.41, 5.74) is 5.48. The van der Waals surface area contributed by atoms with Gasteiger partial charge in [-0.2, -0.15) is 0 Å².